The molecule has 3 rings (SSSR count). The normalized spacial score (nSPS) is 11.8. The van der Waals surface area contributed by atoms with Crippen LogP contribution < -0.4 is 0 Å². The van der Waals surface area contributed by atoms with E-state index in [1.165, 1.54) is 0 Å². The van der Waals surface area contributed by atoms with Gasteiger partial charge in [-0.2, -0.15) is 23.3 Å². The molecule has 0 aliphatic rings. The van der Waals surface area contributed by atoms with Gasteiger partial charge in [0.2, 0.25) is 0 Å². The Morgan fingerprint density at radius 1 is 1.27 bits per heavy atom. The summed E-state index contributed by atoms with van der Waals surface area (Å²) in [6, 6.07) is 1.83. The summed E-state index contributed by atoms with van der Waals surface area (Å²) in [5.74, 6) is 0.0233. The van der Waals surface area contributed by atoms with Crippen LogP contribution in [-0.2, 0) is 12.6 Å². The average Bonchev–Trinajstić information content (AvgIpc) is 3.09. The Kier molecular flexibility index (Phi) is 3.39. The number of aromatic nitrogens is 5. The van der Waals surface area contributed by atoms with Crippen molar-refractivity contribution in [1.29, 1.82) is 0 Å². The highest BCUT2D eigenvalue weighted by atomic mass is 19.4. The lowest BCUT2D eigenvalue weighted by atomic mass is 10.1. The summed E-state index contributed by atoms with van der Waals surface area (Å²) in [7, 11) is 0. The number of aromatic amines is 1. The van der Waals surface area contributed by atoms with Gasteiger partial charge in [0.05, 0.1) is 6.20 Å². The number of halogens is 3. The SMILES string of the molecule is Cc1ccncc1Cc1noc(-c2[nH]ncc2C(F)(F)F)n1. The van der Waals surface area contributed by atoms with Crippen LogP contribution in [0.4, 0.5) is 13.2 Å². The van der Waals surface area contributed by atoms with E-state index in [4.69, 9.17) is 4.52 Å². The van der Waals surface area contributed by atoms with Gasteiger partial charge >= 0.3 is 6.18 Å². The highest BCUT2D eigenvalue weighted by molar-refractivity contribution is 5.53. The molecule has 3 aromatic heterocycles. The van der Waals surface area contributed by atoms with Crippen LogP contribution in [0.3, 0.4) is 0 Å². The third kappa shape index (κ3) is 2.69. The van der Waals surface area contributed by atoms with Gasteiger partial charge in [-0.1, -0.05) is 5.16 Å². The van der Waals surface area contributed by atoms with Gasteiger partial charge in [0.25, 0.3) is 5.89 Å². The van der Waals surface area contributed by atoms with E-state index in [0.717, 1.165) is 11.1 Å². The number of aryl methyl sites for hydroxylation is 1. The van der Waals surface area contributed by atoms with Gasteiger partial charge in [-0.3, -0.25) is 10.1 Å². The van der Waals surface area contributed by atoms with Crippen molar-refractivity contribution in [2.24, 2.45) is 0 Å². The van der Waals surface area contributed by atoms with Crippen LogP contribution in [0.5, 0.6) is 0 Å². The molecule has 0 aliphatic carbocycles. The summed E-state index contributed by atoms with van der Waals surface area (Å²) in [4.78, 5) is 7.98. The first-order chi connectivity index (χ1) is 10.4. The molecular weight excluding hydrogens is 299 g/mol. The minimum atomic E-state index is -4.54. The number of H-pyrrole nitrogens is 1. The van der Waals surface area contributed by atoms with Crippen molar-refractivity contribution in [2.45, 2.75) is 19.5 Å². The van der Waals surface area contributed by atoms with E-state index < -0.39 is 11.7 Å². The number of hydrogen-bond donors (Lipinski definition) is 1. The maximum absolute atomic E-state index is 12.8. The Bertz CT molecular complexity index is 793. The summed E-state index contributed by atoms with van der Waals surface area (Å²) in [6.07, 6.45) is -0.233. The number of nitrogens with one attached hydrogen (secondary N) is 1. The highest BCUT2D eigenvalue weighted by Gasteiger charge is 2.37. The predicted octanol–water partition coefficient (Wildman–Crippen LogP) is 2.77. The first-order valence-electron chi connectivity index (χ1n) is 6.28. The second-order valence-corrected chi connectivity index (χ2v) is 4.65. The molecule has 0 saturated heterocycles. The summed E-state index contributed by atoms with van der Waals surface area (Å²) in [6.45, 7) is 1.90. The van der Waals surface area contributed by atoms with E-state index in [1.54, 1.807) is 12.4 Å². The maximum Gasteiger partial charge on any atom is 0.420 e. The zero-order valence-electron chi connectivity index (χ0n) is 11.3. The van der Waals surface area contributed by atoms with E-state index in [-0.39, 0.29) is 17.4 Å². The molecular formula is C13H10F3N5O. The molecule has 114 valence electrons. The van der Waals surface area contributed by atoms with Crippen molar-refractivity contribution < 1.29 is 17.7 Å². The van der Waals surface area contributed by atoms with Crippen molar-refractivity contribution >= 4 is 0 Å². The third-order valence-corrected chi connectivity index (χ3v) is 3.12. The minimum Gasteiger partial charge on any atom is -0.332 e. The van der Waals surface area contributed by atoms with Crippen LogP contribution in [0, 0.1) is 6.92 Å². The summed E-state index contributed by atoms with van der Waals surface area (Å²) < 4.78 is 43.4. The molecule has 0 fully saturated rings. The van der Waals surface area contributed by atoms with E-state index in [9.17, 15) is 13.2 Å². The molecule has 3 aromatic rings. The standard InChI is InChI=1S/C13H10F3N5O/c1-7-2-3-17-5-8(7)4-10-19-12(22-21-10)11-9(6-18-20-11)13(14,15)16/h2-3,5-6H,4H2,1H3,(H,18,20). The van der Waals surface area contributed by atoms with E-state index in [1.807, 2.05) is 13.0 Å². The quantitative estimate of drug-likeness (QED) is 0.804. The lowest BCUT2D eigenvalue weighted by molar-refractivity contribution is -0.137. The van der Waals surface area contributed by atoms with Crippen LogP contribution in [-0.4, -0.2) is 25.3 Å². The summed E-state index contributed by atoms with van der Waals surface area (Å²) in [5, 5.41) is 9.33. The van der Waals surface area contributed by atoms with Crippen LogP contribution in [0.15, 0.2) is 29.2 Å². The Labute approximate surface area is 122 Å². The molecule has 9 heteroatoms. The summed E-state index contributed by atoms with van der Waals surface area (Å²) >= 11 is 0. The van der Waals surface area contributed by atoms with Crippen LogP contribution in [0.2, 0.25) is 0 Å². The molecule has 0 amide bonds. The van der Waals surface area contributed by atoms with Crippen molar-refractivity contribution in [2.75, 3.05) is 0 Å². The second-order valence-electron chi connectivity index (χ2n) is 4.65. The zero-order chi connectivity index (χ0) is 15.7. The maximum atomic E-state index is 12.8. The molecule has 0 atom stereocenters. The van der Waals surface area contributed by atoms with Crippen molar-refractivity contribution in [1.82, 2.24) is 25.3 Å². The number of alkyl halides is 3. The fourth-order valence-electron chi connectivity index (χ4n) is 1.94. The number of nitrogens with zero attached hydrogens (tertiary/aromatic N) is 4. The predicted molar refractivity (Wildman–Crippen MR) is 68.7 cm³/mol. The monoisotopic (exact) mass is 309 g/mol. The fourth-order valence-corrected chi connectivity index (χ4v) is 1.94. The lowest BCUT2D eigenvalue weighted by Gasteiger charge is -2.03. The van der Waals surface area contributed by atoms with Gasteiger partial charge in [-0.15, -0.1) is 0 Å². The van der Waals surface area contributed by atoms with Gasteiger partial charge in [-0.05, 0) is 24.1 Å². The molecule has 0 unspecified atom stereocenters. The second kappa shape index (κ2) is 5.24. The molecule has 0 aromatic carbocycles. The highest BCUT2D eigenvalue weighted by Crippen LogP contribution is 2.35. The molecule has 22 heavy (non-hydrogen) atoms. The van der Waals surface area contributed by atoms with Gasteiger partial charge in [0.15, 0.2) is 5.82 Å². The van der Waals surface area contributed by atoms with Crippen molar-refractivity contribution in [3.05, 3.63) is 47.2 Å². The number of pyridine rings is 1. The van der Waals surface area contributed by atoms with Crippen LogP contribution >= 0.6 is 0 Å². The number of rotatable bonds is 3. The van der Waals surface area contributed by atoms with E-state index >= 15 is 0 Å². The molecule has 0 radical (unpaired) electrons. The Morgan fingerprint density at radius 2 is 2.09 bits per heavy atom. The molecule has 1 N–H and O–H groups in total. The lowest BCUT2D eigenvalue weighted by Crippen LogP contribution is -2.05. The van der Waals surface area contributed by atoms with Gasteiger partial charge in [-0.25, -0.2) is 0 Å². The smallest absolute Gasteiger partial charge is 0.332 e. The third-order valence-electron chi connectivity index (χ3n) is 3.12. The first kappa shape index (κ1) is 14.2. The Hall–Kier alpha value is -2.71. The van der Waals surface area contributed by atoms with Crippen molar-refractivity contribution in [3.8, 4) is 11.6 Å². The first-order valence-corrected chi connectivity index (χ1v) is 6.28. The minimum absolute atomic E-state index is 0.249. The van der Waals surface area contributed by atoms with Crippen LogP contribution in [0.1, 0.15) is 22.5 Å². The molecule has 6 nitrogen and oxygen atoms in total. The average molecular weight is 309 g/mol. The molecule has 0 aliphatic heterocycles. The molecule has 3 heterocycles. The Balaban J connectivity index is 1.89. The largest absolute Gasteiger partial charge is 0.420 e. The van der Waals surface area contributed by atoms with Gasteiger partial charge < -0.3 is 4.52 Å². The van der Waals surface area contributed by atoms with E-state index in [0.29, 0.717) is 12.6 Å². The van der Waals surface area contributed by atoms with Gasteiger partial charge in [0, 0.05) is 18.8 Å². The molecule has 0 saturated carbocycles. The van der Waals surface area contributed by atoms with Gasteiger partial charge in [0.1, 0.15) is 11.3 Å². The Morgan fingerprint density at radius 3 is 2.82 bits per heavy atom. The van der Waals surface area contributed by atoms with E-state index in [2.05, 4.69) is 25.3 Å². The topological polar surface area (TPSA) is 80.5 Å². The molecule has 0 spiro atoms. The fraction of sp³-hybridized carbons (Fsp3) is 0.231. The van der Waals surface area contributed by atoms with Crippen molar-refractivity contribution in [3.63, 3.8) is 0 Å². The zero-order valence-corrected chi connectivity index (χ0v) is 11.3. The number of hydrogen-bond acceptors (Lipinski definition) is 5. The molecule has 0 bridgehead atoms. The summed E-state index contributed by atoms with van der Waals surface area (Å²) in [5.41, 5.74) is 0.573. The van der Waals surface area contributed by atoms with Crippen LogP contribution in [0.25, 0.3) is 11.6 Å².